The number of hydrogen-bond acceptors (Lipinski definition) is 4. The molecule has 2 unspecified atom stereocenters. The third kappa shape index (κ3) is 2.40. The van der Waals surface area contributed by atoms with Crippen LogP contribution >= 0.6 is 11.8 Å². The van der Waals surface area contributed by atoms with Gasteiger partial charge in [-0.05, 0) is 74.8 Å². The summed E-state index contributed by atoms with van der Waals surface area (Å²) in [6.07, 6.45) is 5.83. The molecule has 4 saturated carbocycles. The number of methoxy groups -OCH3 is 1. The Kier molecular flexibility index (Phi) is 4.33. The lowest BCUT2D eigenvalue weighted by Gasteiger charge is -2.54. The number of benzene rings is 1. The molecule has 4 aliphatic rings. The molecule has 1 aromatic rings. The van der Waals surface area contributed by atoms with Gasteiger partial charge in [0.2, 0.25) is 0 Å². The number of hydrogen-bond donors (Lipinski definition) is 1. The zero-order chi connectivity index (χ0) is 19.7. The zero-order valence-electron chi connectivity index (χ0n) is 17.2. The van der Waals surface area contributed by atoms with Crippen LogP contribution in [0.25, 0.3) is 0 Å². The topological polar surface area (TPSA) is 46.5 Å². The van der Waals surface area contributed by atoms with E-state index in [0.29, 0.717) is 24.0 Å². The summed E-state index contributed by atoms with van der Waals surface area (Å²) in [4.78, 5) is 15.1. The number of Topliss-reactive ketones (excluding diaryl/α,β-unsaturated/α-hetero) is 1. The largest absolute Gasteiger partial charge is 0.392 e. The monoisotopic (exact) mass is 400 g/mol. The minimum Gasteiger partial charge on any atom is -0.392 e. The van der Waals surface area contributed by atoms with Crippen LogP contribution in [-0.2, 0) is 9.53 Å². The van der Waals surface area contributed by atoms with Crippen LogP contribution in [0.5, 0.6) is 0 Å². The van der Waals surface area contributed by atoms with Gasteiger partial charge < -0.3 is 9.84 Å². The summed E-state index contributed by atoms with van der Waals surface area (Å²) in [5, 5.41) is 11.6. The van der Waals surface area contributed by atoms with Crippen molar-refractivity contribution in [2.75, 3.05) is 7.11 Å². The van der Waals surface area contributed by atoms with Crippen LogP contribution in [0, 0.1) is 28.6 Å². The molecule has 1 N–H and O–H groups in total. The van der Waals surface area contributed by atoms with Crippen LogP contribution < -0.4 is 0 Å². The van der Waals surface area contributed by atoms with Gasteiger partial charge in [-0.2, -0.15) is 0 Å². The molecule has 4 aliphatic carbocycles. The highest BCUT2D eigenvalue weighted by Crippen LogP contribution is 2.77. The highest BCUT2D eigenvalue weighted by molar-refractivity contribution is 8.01. The number of aliphatic hydroxyl groups excluding tert-OH is 1. The van der Waals surface area contributed by atoms with Crippen molar-refractivity contribution in [3.05, 3.63) is 30.3 Å². The van der Waals surface area contributed by atoms with Crippen molar-refractivity contribution in [1.82, 2.24) is 0 Å². The fraction of sp³-hybridized carbons (Fsp3) is 0.708. The Morgan fingerprint density at radius 2 is 1.86 bits per heavy atom. The first-order chi connectivity index (χ1) is 13.4. The van der Waals surface area contributed by atoms with Crippen LogP contribution in [0.2, 0.25) is 0 Å². The number of ether oxygens (including phenoxy) is 1. The normalized spacial score (nSPS) is 49.7. The van der Waals surface area contributed by atoms with Crippen LogP contribution in [0.15, 0.2) is 35.2 Å². The van der Waals surface area contributed by atoms with Crippen molar-refractivity contribution in [3.63, 3.8) is 0 Å². The molecule has 1 spiro atoms. The van der Waals surface area contributed by atoms with Gasteiger partial charge in [-0.25, -0.2) is 0 Å². The van der Waals surface area contributed by atoms with Crippen molar-refractivity contribution < 1.29 is 14.6 Å². The summed E-state index contributed by atoms with van der Waals surface area (Å²) in [5.41, 5.74) is -0.0203. The lowest BCUT2D eigenvalue weighted by molar-refractivity contribution is -0.148. The van der Waals surface area contributed by atoms with E-state index in [-0.39, 0.29) is 22.9 Å². The summed E-state index contributed by atoms with van der Waals surface area (Å²) < 4.78 is 5.37. The van der Waals surface area contributed by atoms with Crippen molar-refractivity contribution in [2.45, 2.75) is 74.2 Å². The molecule has 152 valence electrons. The van der Waals surface area contributed by atoms with E-state index in [1.807, 2.05) is 25.3 Å². The van der Waals surface area contributed by atoms with E-state index in [0.717, 1.165) is 30.6 Å². The van der Waals surface area contributed by atoms with Gasteiger partial charge in [0, 0.05) is 23.3 Å². The number of thioether (sulfide) groups is 1. The van der Waals surface area contributed by atoms with E-state index in [4.69, 9.17) is 4.74 Å². The van der Waals surface area contributed by atoms with Gasteiger partial charge in [-0.15, -0.1) is 11.8 Å². The Labute approximate surface area is 172 Å². The molecule has 3 nitrogen and oxygen atoms in total. The summed E-state index contributed by atoms with van der Waals surface area (Å²) in [5.74, 6) is 1.30. The molecule has 0 aromatic heterocycles. The second-order valence-electron chi connectivity index (χ2n) is 10.0. The molecule has 5 rings (SSSR count). The van der Waals surface area contributed by atoms with Crippen LogP contribution in [0.1, 0.15) is 52.4 Å². The molecule has 0 saturated heterocycles. The zero-order valence-corrected chi connectivity index (χ0v) is 18.0. The fourth-order valence-electron chi connectivity index (χ4n) is 7.62. The lowest BCUT2D eigenvalue weighted by Crippen LogP contribution is -2.57. The van der Waals surface area contributed by atoms with Gasteiger partial charge in [0.15, 0.2) is 5.78 Å². The Balaban J connectivity index is 1.58. The molecule has 0 radical (unpaired) electrons. The molecule has 0 amide bonds. The van der Waals surface area contributed by atoms with Gasteiger partial charge >= 0.3 is 0 Å². The first kappa shape index (κ1) is 19.1. The molecular weight excluding hydrogens is 368 g/mol. The maximum atomic E-state index is 13.9. The van der Waals surface area contributed by atoms with Crippen molar-refractivity contribution >= 4 is 17.5 Å². The van der Waals surface area contributed by atoms with E-state index in [2.05, 4.69) is 26.0 Å². The number of ketones is 1. The molecule has 0 aliphatic heterocycles. The van der Waals surface area contributed by atoms with E-state index in [1.54, 1.807) is 11.8 Å². The highest BCUT2D eigenvalue weighted by atomic mass is 32.2. The molecule has 4 fully saturated rings. The van der Waals surface area contributed by atoms with Crippen LogP contribution in [0.3, 0.4) is 0 Å². The summed E-state index contributed by atoms with van der Waals surface area (Å²) in [6, 6.07) is 10.2. The third-order valence-electron chi connectivity index (χ3n) is 8.99. The van der Waals surface area contributed by atoms with Crippen LogP contribution in [-0.4, -0.2) is 35.0 Å². The predicted molar refractivity (Wildman–Crippen MR) is 111 cm³/mol. The average Bonchev–Trinajstić information content (AvgIpc) is 3.33. The van der Waals surface area contributed by atoms with Crippen molar-refractivity contribution in [1.29, 1.82) is 0 Å². The number of carbonyl (C=O) groups excluding carboxylic acids is 1. The number of aliphatic hydroxyl groups is 1. The minimum atomic E-state index is -0.583. The first-order valence-corrected chi connectivity index (χ1v) is 11.7. The van der Waals surface area contributed by atoms with Gasteiger partial charge in [-0.1, -0.05) is 25.1 Å². The van der Waals surface area contributed by atoms with Gasteiger partial charge in [0.1, 0.15) is 0 Å². The van der Waals surface area contributed by atoms with Crippen molar-refractivity contribution in [3.8, 4) is 0 Å². The Bertz CT molecular complexity index is 781. The van der Waals surface area contributed by atoms with Gasteiger partial charge in [0.05, 0.1) is 17.0 Å². The third-order valence-corrected chi connectivity index (χ3v) is 10.3. The summed E-state index contributed by atoms with van der Waals surface area (Å²) in [7, 11) is 1.82. The molecular formula is C24H32O3S. The molecule has 2 bridgehead atoms. The summed E-state index contributed by atoms with van der Waals surface area (Å²) >= 11 is 1.66. The number of carbonyl (C=O) groups is 1. The second-order valence-corrected chi connectivity index (χ2v) is 11.6. The molecule has 0 heterocycles. The van der Waals surface area contributed by atoms with Gasteiger partial charge in [-0.3, -0.25) is 4.79 Å². The Morgan fingerprint density at radius 1 is 1.14 bits per heavy atom. The van der Waals surface area contributed by atoms with E-state index < -0.39 is 10.9 Å². The highest BCUT2D eigenvalue weighted by Gasteiger charge is 2.76. The predicted octanol–water partition coefficient (Wildman–Crippen LogP) is 4.72. The number of rotatable bonds is 3. The first-order valence-electron chi connectivity index (χ1n) is 10.9. The maximum Gasteiger partial charge on any atom is 0.152 e. The summed E-state index contributed by atoms with van der Waals surface area (Å²) in [6.45, 7) is 4.27. The van der Waals surface area contributed by atoms with E-state index in [1.165, 1.54) is 6.42 Å². The van der Waals surface area contributed by atoms with Gasteiger partial charge in [0.25, 0.3) is 0 Å². The molecule has 4 heteroatoms. The van der Waals surface area contributed by atoms with E-state index in [9.17, 15) is 9.90 Å². The SMILES string of the molecule is CO[C@@H]1CCC23CC[C@H]4C[C@@]4(C12)[C@H](O)C[C@@](C)(Sc1ccccc1)C(=O)[C@@H]3C. The average molecular weight is 401 g/mol. The smallest absolute Gasteiger partial charge is 0.152 e. The molecule has 8 atom stereocenters. The quantitative estimate of drug-likeness (QED) is 0.798. The van der Waals surface area contributed by atoms with E-state index >= 15 is 0 Å². The Hall–Kier alpha value is -0.840. The minimum absolute atomic E-state index is 0.00463. The fourth-order valence-corrected chi connectivity index (χ4v) is 8.95. The standard InChI is InChI=1S/C24H32O3S/c1-15-21(26)22(2,28-17-7-5-4-6-8-17)14-19(25)24-13-16(24)9-11-23(15)12-10-18(27-3)20(23)24/h4-8,15-16,18-20,25H,9-14H2,1-3H3/t15-,16-,18+,19+,20?,22+,23?,24-/m0/s1. The molecule has 28 heavy (non-hydrogen) atoms. The Morgan fingerprint density at radius 3 is 2.57 bits per heavy atom. The maximum absolute atomic E-state index is 13.9. The lowest BCUT2D eigenvalue weighted by atomic mass is 9.52. The van der Waals surface area contributed by atoms with Crippen molar-refractivity contribution in [2.24, 2.45) is 28.6 Å². The molecule has 1 aromatic carbocycles. The van der Waals surface area contributed by atoms with Crippen LogP contribution in [0.4, 0.5) is 0 Å². The second kappa shape index (κ2) is 6.33.